The van der Waals surface area contributed by atoms with Crippen molar-refractivity contribution in [3.05, 3.63) is 65.4 Å². The van der Waals surface area contributed by atoms with Crippen LogP contribution in [0.3, 0.4) is 0 Å². The number of H-pyrrole nitrogens is 1. The summed E-state index contributed by atoms with van der Waals surface area (Å²) in [6.07, 6.45) is 2.74. The van der Waals surface area contributed by atoms with Crippen molar-refractivity contribution in [2.24, 2.45) is 0 Å². The van der Waals surface area contributed by atoms with Crippen LogP contribution in [0.2, 0.25) is 0 Å². The van der Waals surface area contributed by atoms with E-state index < -0.39 is 0 Å². The Hall–Kier alpha value is -2.55. The molecular weight excluding hydrogens is 262 g/mol. The van der Waals surface area contributed by atoms with Gasteiger partial charge in [-0.3, -0.25) is 4.79 Å². The fourth-order valence-electron chi connectivity index (χ4n) is 2.47. The summed E-state index contributed by atoms with van der Waals surface area (Å²) in [5.41, 5.74) is 3.54. The van der Waals surface area contributed by atoms with E-state index >= 15 is 0 Å². The highest BCUT2D eigenvalue weighted by Crippen LogP contribution is 2.25. The van der Waals surface area contributed by atoms with E-state index in [1.165, 1.54) is 5.56 Å². The molecule has 106 valence electrons. The van der Waals surface area contributed by atoms with Crippen LogP contribution in [-0.2, 0) is 6.42 Å². The molecule has 0 spiro atoms. The first kappa shape index (κ1) is 13.4. The predicted octanol–water partition coefficient (Wildman–Crippen LogP) is 3.97. The van der Waals surface area contributed by atoms with Crippen molar-refractivity contribution in [1.29, 1.82) is 0 Å². The van der Waals surface area contributed by atoms with Crippen LogP contribution in [0.25, 0.3) is 10.9 Å². The normalized spacial score (nSPS) is 10.8. The number of fused-ring (bicyclic) bond motifs is 1. The zero-order chi connectivity index (χ0) is 14.8. The van der Waals surface area contributed by atoms with Crippen LogP contribution in [0.15, 0.2) is 48.7 Å². The molecule has 3 heteroatoms. The Morgan fingerprint density at radius 1 is 1.14 bits per heavy atom. The molecule has 21 heavy (non-hydrogen) atoms. The van der Waals surface area contributed by atoms with Gasteiger partial charge in [0.25, 0.3) is 0 Å². The number of ketones is 1. The number of aromatic amines is 1. The summed E-state index contributed by atoms with van der Waals surface area (Å²) in [6, 6.07) is 13.5. The Morgan fingerprint density at radius 2 is 1.90 bits per heavy atom. The SMILES string of the molecule is CCc1ccc(C(=O)c2c[nH]c3cc(OC)ccc23)cc1. The fraction of sp³-hybridized carbons (Fsp3) is 0.167. The van der Waals surface area contributed by atoms with Crippen molar-refractivity contribution in [2.45, 2.75) is 13.3 Å². The molecular formula is C18H17NO2. The second-order valence-corrected chi connectivity index (χ2v) is 4.99. The van der Waals surface area contributed by atoms with E-state index in [9.17, 15) is 4.79 Å². The van der Waals surface area contributed by atoms with Crippen molar-refractivity contribution < 1.29 is 9.53 Å². The summed E-state index contributed by atoms with van der Waals surface area (Å²) in [5.74, 6) is 0.810. The monoisotopic (exact) mass is 279 g/mol. The van der Waals surface area contributed by atoms with Crippen LogP contribution in [0, 0.1) is 0 Å². The average molecular weight is 279 g/mol. The van der Waals surface area contributed by atoms with Crippen molar-refractivity contribution in [3.63, 3.8) is 0 Å². The van der Waals surface area contributed by atoms with Gasteiger partial charge in [0, 0.05) is 34.3 Å². The summed E-state index contributed by atoms with van der Waals surface area (Å²) in [6.45, 7) is 2.10. The molecule has 0 aliphatic carbocycles. The molecule has 0 aliphatic heterocycles. The number of methoxy groups -OCH3 is 1. The van der Waals surface area contributed by atoms with Gasteiger partial charge in [0.15, 0.2) is 5.78 Å². The highest BCUT2D eigenvalue weighted by Gasteiger charge is 2.14. The third kappa shape index (κ3) is 2.42. The molecule has 0 bridgehead atoms. The topological polar surface area (TPSA) is 42.1 Å². The Balaban J connectivity index is 2.00. The van der Waals surface area contributed by atoms with E-state index in [2.05, 4.69) is 11.9 Å². The van der Waals surface area contributed by atoms with Gasteiger partial charge in [-0.15, -0.1) is 0 Å². The lowest BCUT2D eigenvalue weighted by atomic mass is 10.0. The largest absolute Gasteiger partial charge is 0.497 e. The van der Waals surface area contributed by atoms with E-state index in [0.717, 1.165) is 23.1 Å². The summed E-state index contributed by atoms with van der Waals surface area (Å²) in [4.78, 5) is 15.8. The quantitative estimate of drug-likeness (QED) is 0.734. The number of benzene rings is 2. The summed E-state index contributed by atoms with van der Waals surface area (Å²) in [5, 5.41) is 0.917. The second-order valence-electron chi connectivity index (χ2n) is 4.99. The minimum absolute atomic E-state index is 0.0362. The molecule has 1 N–H and O–H groups in total. The summed E-state index contributed by atoms with van der Waals surface area (Å²) in [7, 11) is 1.63. The molecule has 3 nitrogen and oxygen atoms in total. The number of carbonyl (C=O) groups is 1. The maximum atomic E-state index is 12.6. The zero-order valence-corrected chi connectivity index (χ0v) is 12.1. The average Bonchev–Trinajstić information content (AvgIpc) is 2.97. The number of aryl methyl sites for hydroxylation is 1. The number of ether oxygens (including phenoxy) is 1. The van der Waals surface area contributed by atoms with Crippen LogP contribution >= 0.6 is 0 Å². The molecule has 0 fully saturated rings. The van der Waals surface area contributed by atoms with Gasteiger partial charge in [-0.05, 0) is 24.1 Å². The number of aromatic nitrogens is 1. The zero-order valence-electron chi connectivity index (χ0n) is 12.1. The van der Waals surface area contributed by atoms with Gasteiger partial charge in [0.1, 0.15) is 5.75 Å². The molecule has 0 radical (unpaired) electrons. The Morgan fingerprint density at radius 3 is 2.57 bits per heavy atom. The van der Waals surface area contributed by atoms with Crippen molar-refractivity contribution in [1.82, 2.24) is 4.98 Å². The highest BCUT2D eigenvalue weighted by atomic mass is 16.5. The van der Waals surface area contributed by atoms with Gasteiger partial charge in [0.05, 0.1) is 7.11 Å². The molecule has 1 aromatic heterocycles. The highest BCUT2D eigenvalue weighted by molar-refractivity contribution is 6.16. The van der Waals surface area contributed by atoms with Gasteiger partial charge < -0.3 is 9.72 Å². The van der Waals surface area contributed by atoms with E-state index in [-0.39, 0.29) is 5.78 Å². The van der Waals surface area contributed by atoms with Crippen LogP contribution in [0.5, 0.6) is 5.75 Å². The first-order valence-corrected chi connectivity index (χ1v) is 7.01. The lowest BCUT2D eigenvalue weighted by Gasteiger charge is -2.02. The van der Waals surface area contributed by atoms with Crippen LogP contribution in [0.4, 0.5) is 0 Å². The molecule has 3 aromatic rings. The maximum Gasteiger partial charge on any atom is 0.195 e. The van der Waals surface area contributed by atoms with Crippen LogP contribution < -0.4 is 4.74 Å². The van der Waals surface area contributed by atoms with Crippen molar-refractivity contribution >= 4 is 16.7 Å². The van der Waals surface area contributed by atoms with E-state index in [1.54, 1.807) is 13.3 Å². The minimum atomic E-state index is 0.0362. The van der Waals surface area contributed by atoms with Gasteiger partial charge >= 0.3 is 0 Å². The van der Waals surface area contributed by atoms with Gasteiger partial charge in [0.2, 0.25) is 0 Å². The van der Waals surface area contributed by atoms with Crippen molar-refractivity contribution in [3.8, 4) is 5.75 Å². The maximum absolute atomic E-state index is 12.6. The molecule has 0 saturated heterocycles. The number of nitrogens with one attached hydrogen (secondary N) is 1. The number of rotatable bonds is 4. The third-order valence-corrected chi connectivity index (χ3v) is 3.76. The Labute approximate surface area is 123 Å². The number of hydrogen-bond donors (Lipinski definition) is 1. The van der Waals surface area contributed by atoms with Crippen molar-refractivity contribution in [2.75, 3.05) is 7.11 Å². The lowest BCUT2D eigenvalue weighted by Crippen LogP contribution is -2.00. The number of carbonyl (C=O) groups excluding carboxylic acids is 1. The van der Waals surface area contributed by atoms with Gasteiger partial charge in [-0.25, -0.2) is 0 Å². The van der Waals surface area contributed by atoms with Crippen LogP contribution in [-0.4, -0.2) is 17.9 Å². The minimum Gasteiger partial charge on any atom is -0.497 e. The molecule has 3 rings (SSSR count). The Bertz CT molecular complexity index is 785. The molecule has 0 atom stereocenters. The molecule has 0 saturated carbocycles. The number of hydrogen-bond acceptors (Lipinski definition) is 2. The van der Waals surface area contributed by atoms with E-state index in [4.69, 9.17) is 4.74 Å². The summed E-state index contributed by atoms with van der Waals surface area (Å²) >= 11 is 0. The molecule has 0 amide bonds. The molecule has 0 unspecified atom stereocenters. The predicted molar refractivity (Wildman–Crippen MR) is 84.1 cm³/mol. The van der Waals surface area contributed by atoms with E-state index in [0.29, 0.717) is 11.1 Å². The standard InChI is InChI=1S/C18H17NO2/c1-3-12-4-6-13(7-5-12)18(20)16-11-19-17-10-14(21-2)8-9-15(16)17/h4-11,19H,3H2,1-2H3. The second kappa shape index (κ2) is 5.44. The molecule has 1 heterocycles. The van der Waals surface area contributed by atoms with Gasteiger partial charge in [-0.1, -0.05) is 31.2 Å². The Kier molecular flexibility index (Phi) is 3.48. The van der Waals surface area contributed by atoms with E-state index in [1.807, 2.05) is 42.5 Å². The van der Waals surface area contributed by atoms with Crippen LogP contribution in [0.1, 0.15) is 28.4 Å². The first-order valence-electron chi connectivity index (χ1n) is 7.01. The smallest absolute Gasteiger partial charge is 0.195 e. The molecule has 0 aliphatic rings. The summed E-state index contributed by atoms with van der Waals surface area (Å²) < 4.78 is 5.20. The molecule has 2 aromatic carbocycles. The fourth-order valence-corrected chi connectivity index (χ4v) is 2.47. The van der Waals surface area contributed by atoms with Gasteiger partial charge in [-0.2, -0.15) is 0 Å². The first-order chi connectivity index (χ1) is 10.2. The lowest BCUT2D eigenvalue weighted by molar-refractivity contribution is 0.104. The third-order valence-electron chi connectivity index (χ3n) is 3.76.